The van der Waals surface area contributed by atoms with Crippen molar-refractivity contribution in [1.82, 2.24) is 0 Å². The Morgan fingerprint density at radius 2 is 2.00 bits per heavy atom. The summed E-state index contributed by atoms with van der Waals surface area (Å²) in [6.45, 7) is 2.96. The lowest BCUT2D eigenvalue weighted by molar-refractivity contribution is -0.384. The molecule has 6 heteroatoms. The van der Waals surface area contributed by atoms with Crippen molar-refractivity contribution in [3.8, 4) is 0 Å². The number of nitrogens with zero attached hydrogens (tertiary/aromatic N) is 2. The third-order valence-electron chi connectivity index (χ3n) is 3.93. The van der Waals surface area contributed by atoms with E-state index in [1.54, 1.807) is 12.1 Å². The molecule has 0 fully saturated rings. The molecule has 118 valence electrons. The third-order valence-corrected chi connectivity index (χ3v) is 4.25. The zero-order chi connectivity index (χ0) is 16.4. The summed E-state index contributed by atoms with van der Waals surface area (Å²) in [4.78, 5) is 12.4. The Balaban J connectivity index is 1.78. The van der Waals surface area contributed by atoms with Crippen LogP contribution >= 0.6 is 12.2 Å². The first-order valence-corrected chi connectivity index (χ1v) is 7.88. The highest BCUT2D eigenvalue weighted by molar-refractivity contribution is 7.80. The largest absolute Gasteiger partial charge is 0.332 e. The molecule has 23 heavy (non-hydrogen) atoms. The van der Waals surface area contributed by atoms with Gasteiger partial charge in [0.1, 0.15) is 0 Å². The van der Waals surface area contributed by atoms with Crippen molar-refractivity contribution in [3.63, 3.8) is 0 Å². The predicted octanol–water partition coefficient (Wildman–Crippen LogP) is 4.05. The van der Waals surface area contributed by atoms with Crippen LogP contribution in [0.3, 0.4) is 0 Å². The molecule has 1 N–H and O–H groups in total. The average Bonchev–Trinajstić information content (AvgIpc) is 2.54. The van der Waals surface area contributed by atoms with Crippen molar-refractivity contribution in [2.75, 3.05) is 16.8 Å². The topological polar surface area (TPSA) is 58.4 Å². The number of nitro groups is 1. The van der Waals surface area contributed by atoms with Gasteiger partial charge >= 0.3 is 0 Å². The Labute approximate surface area is 140 Å². The van der Waals surface area contributed by atoms with Crippen LogP contribution < -0.4 is 10.2 Å². The van der Waals surface area contributed by atoms with Crippen molar-refractivity contribution in [1.29, 1.82) is 0 Å². The number of hydrogen-bond acceptors (Lipinski definition) is 3. The van der Waals surface area contributed by atoms with E-state index in [0.717, 1.165) is 30.8 Å². The maximum absolute atomic E-state index is 10.7. The summed E-state index contributed by atoms with van der Waals surface area (Å²) >= 11 is 5.53. The van der Waals surface area contributed by atoms with E-state index in [-0.39, 0.29) is 5.69 Å². The normalized spacial score (nSPS) is 13.3. The van der Waals surface area contributed by atoms with Crippen LogP contribution in [0.15, 0.2) is 42.5 Å². The Hall–Kier alpha value is -2.47. The number of hydrogen-bond donors (Lipinski definition) is 1. The van der Waals surface area contributed by atoms with Gasteiger partial charge in [0, 0.05) is 30.1 Å². The molecule has 2 aromatic rings. The second kappa shape index (κ2) is 6.34. The molecule has 1 heterocycles. The maximum atomic E-state index is 10.7. The number of benzene rings is 2. The molecule has 0 spiro atoms. The second-order valence-corrected chi connectivity index (χ2v) is 6.01. The fourth-order valence-corrected chi connectivity index (χ4v) is 3.10. The lowest BCUT2D eigenvalue weighted by atomic mass is 10.00. The lowest BCUT2D eigenvalue weighted by Crippen LogP contribution is -2.38. The van der Waals surface area contributed by atoms with Gasteiger partial charge in [0.2, 0.25) is 0 Å². The van der Waals surface area contributed by atoms with E-state index in [9.17, 15) is 10.1 Å². The Morgan fingerprint density at radius 3 is 2.70 bits per heavy atom. The summed E-state index contributed by atoms with van der Waals surface area (Å²) in [7, 11) is 0. The number of fused-ring (bicyclic) bond motifs is 1. The number of rotatable bonds is 2. The molecule has 0 unspecified atom stereocenters. The second-order valence-electron chi connectivity index (χ2n) is 5.62. The minimum Gasteiger partial charge on any atom is -0.332 e. The predicted molar refractivity (Wildman–Crippen MR) is 96.2 cm³/mol. The Kier molecular flexibility index (Phi) is 4.25. The molecule has 1 aliphatic heterocycles. The number of nitro benzene ring substituents is 1. The molecule has 0 saturated carbocycles. The van der Waals surface area contributed by atoms with Crippen LogP contribution in [-0.4, -0.2) is 16.6 Å². The first-order chi connectivity index (χ1) is 11.0. The quantitative estimate of drug-likeness (QED) is 0.512. The zero-order valence-electron chi connectivity index (χ0n) is 12.8. The standard InChI is InChI=1S/C17H17N3O2S/c1-12-4-9-16-13(11-12)3-2-10-19(16)17(23)18-14-5-7-15(8-6-14)20(21)22/h4-9,11H,2-3,10H2,1H3,(H,18,23). The van der Waals surface area contributed by atoms with Crippen molar-refractivity contribution in [3.05, 3.63) is 63.7 Å². The van der Waals surface area contributed by atoms with Gasteiger partial charge in [-0.3, -0.25) is 10.1 Å². The maximum Gasteiger partial charge on any atom is 0.269 e. The van der Waals surface area contributed by atoms with Crippen LogP contribution in [-0.2, 0) is 6.42 Å². The molecule has 0 aromatic heterocycles. The van der Waals surface area contributed by atoms with E-state index in [1.807, 2.05) is 0 Å². The van der Waals surface area contributed by atoms with Crippen molar-refractivity contribution >= 4 is 34.4 Å². The van der Waals surface area contributed by atoms with E-state index in [2.05, 4.69) is 35.3 Å². The molecule has 0 bridgehead atoms. The van der Waals surface area contributed by atoms with Crippen molar-refractivity contribution < 1.29 is 4.92 Å². The van der Waals surface area contributed by atoms with E-state index in [1.165, 1.54) is 23.3 Å². The van der Waals surface area contributed by atoms with E-state index in [4.69, 9.17) is 12.2 Å². The van der Waals surface area contributed by atoms with Gasteiger partial charge in [0.15, 0.2) is 5.11 Å². The summed E-state index contributed by atoms with van der Waals surface area (Å²) in [6, 6.07) is 12.7. The fraction of sp³-hybridized carbons (Fsp3) is 0.235. The highest BCUT2D eigenvalue weighted by Crippen LogP contribution is 2.28. The molecule has 0 saturated heterocycles. The summed E-state index contributed by atoms with van der Waals surface area (Å²) in [6.07, 6.45) is 2.12. The number of thiocarbonyl (C=S) groups is 1. The highest BCUT2D eigenvalue weighted by atomic mass is 32.1. The number of aryl methyl sites for hydroxylation is 2. The van der Waals surface area contributed by atoms with Crippen molar-refractivity contribution in [2.24, 2.45) is 0 Å². The van der Waals surface area contributed by atoms with Gasteiger partial charge in [0.05, 0.1) is 4.92 Å². The van der Waals surface area contributed by atoms with Crippen LogP contribution in [0.25, 0.3) is 0 Å². The summed E-state index contributed by atoms with van der Waals surface area (Å²) in [5, 5.41) is 14.5. The fourth-order valence-electron chi connectivity index (χ4n) is 2.79. The first kappa shape index (κ1) is 15.4. The van der Waals surface area contributed by atoms with E-state index in [0.29, 0.717) is 5.11 Å². The molecule has 0 aliphatic carbocycles. The van der Waals surface area contributed by atoms with Gasteiger partial charge in [-0.05, 0) is 55.7 Å². The first-order valence-electron chi connectivity index (χ1n) is 7.47. The SMILES string of the molecule is Cc1ccc2c(c1)CCCN2C(=S)Nc1ccc([N+](=O)[O-])cc1. The highest BCUT2D eigenvalue weighted by Gasteiger charge is 2.20. The van der Waals surface area contributed by atoms with Crippen LogP contribution in [0.4, 0.5) is 17.1 Å². The lowest BCUT2D eigenvalue weighted by Gasteiger charge is -2.32. The van der Waals surface area contributed by atoms with Gasteiger partial charge in [0.25, 0.3) is 5.69 Å². The van der Waals surface area contributed by atoms with Gasteiger partial charge in [-0.25, -0.2) is 0 Å². The average molecular weight is 327 g/mol. The molecule has 0 amide bonds. The van der Waals surface area contributed by atoms with Crippen LogP contribution in [0.5, 0.6) is 0 Å². The zero-order valence-corrected chi connectivity index (χ0v) is 13.6. The van der Waals surface area contributed by atoms with Crippen LogP contribution in [0.2, 0.25) is 0 Å². The Bertz CT molecular complexity index is 759. The molecule has 5 nitrogen and oxygen atoms in total. The molecule has 3 rings (SSSR count). The minimum atomic E-state index is -0.411. The molecule has 0 atom stereocenters. The van der Waals surface area contributed by atoms with Gasteiger partial charge in [-0.2, -0.15) is 0 Å². The van der Waals surface area contributed by atoms with Crippen LogP contribution in [0, 0.1) is 17.0 Å². The molecular weight excluding hydrogens is 310 g/mol. The Morgan fingerprint density at radius 1 is 1.26 bits per heavy atom. The minimum absolute atomic E-state index is 0.0697. The van der Waals surface area contributed by atoms with Crippen molar-refractivity contribution in [2.45, 2.75) is 19.8 Å². The molecule has 1 aliphatic rings. The van der Waals surface area contributed by atoms with Gasteiger partial charge < -0.3 is 10.2 Å². The number of anilines is 2. The number of non-ortho nitro benzene ring substituents is 1. The monoisotopic (exact) mass is 327 g/mol. The third kappa shape index (κ3) is 3.32. The summed E-state index contributed by atoms with van der Waals surface area (Å²) in [5.74, 6) is 0. The molecule has 0 radical (unpaired) electrons. The molecule has 2 aromatic carbocycles. The summed E-state index contributed by atoms with van der Waals surface area (Å²) < 4.78 is 0. The van der Waals surface area contributed by atoms with Gasteiger partial charge in [-0.15, -0.1) is 0 Å². The van der Waals surface area contributed by atoms with E-state index >= 15 is 0 Å². The van der Waals surface area contributed by atoms with Gasteiger partial charge in [-0.1, -0.05) is 17.7 Å². The van der Waals surface area contributed by atoms with E-state index < -0.39 is 4.92 Å². The van der Waals surface area contributed by atoms with Crippen LogP contribution in [0.1, 0.15) is 17.5 Å². The number of nitrogens with one attached hydrogen (secondary N) is 1. The molecular formula is C17H17N3O2S. The smallest absolute Gasteiger partial charge is 0.269 e. The summed E-state index contributed by atoms with van der Waals surface area (Å²) in [5.41, 5.74) is 4.52.